The van der Waals surface area contributed by atoms with E-state index in [9.17, 15) is 4.79 Å². The quantitative estimate of drug-likeness (QED) is 0.226. The Morgan fingerprint density at radius 2 is 1.76 bits per heavy atom. The molecular weight excluding hydrogens is 458 g/mol. The maximum absolute atomic E-state index is 13.1. The molecule has 8 heteroatoms. The first kappa shape index (κ1) is 22.8. The molecule has 0 saturated carbocycles. The number of carbonyl (C=O) groups is 1. The lowest BCUT2D eigenvalue weighted by Gasteiger charge is -2.14. The Bertz CT molecular complexity index is 1270. The summed E-state index contributed by atoms with van der Waals surface area (Å²) in [5.41, 5.74) is 2.76. The lowest BCUT2D eigenvalue weighted by Crippen LogP contribution is -2.30. The van der Waals surface area contributed by atoms with Gasteiger partial charge in [-0.1, -0.05) is 29.0 Å². The summed E-state index contributed by atoms with van der Waals surface area (Å²) >= 11 is 7.32. The summed E-state index contributed by atoms with van der Waals surface area (Å²) in [7, 11) is 0. The van der Waals surface area contributed by atoms with Gasteiger partial charge in [-0.05, 0) is 85.6 Å². The summed E-state index contributed by atoms with van der Waals surface area (Å²) in [5, 5.41) is 6.80. The summed E-state index contributed by atoms with van der Waals surface area (Å²) in [6, 6.07) is 20.3. The number of amides is 1. The number of hydrogen-bond donors (Lipinski definition) is 0. The molecule has 0 aliphatic carbocycles. The lowest BCUT2D eigenvalue weighted by molar-refractivity contribution is -0.120. The normalized spacial score (nSPS) is 11.1. The van der Waals surface area contributed by atoms with Crippen LogP contribution >= 0.6 is 22.9 Å². The van der Waals surface area contributed by atoms with Crippen LogP contribution in [0.5, 0.6) is 11.5 Å². The van der Waals surface area contributed by atoms with Crippen molar-refractivity contribution in [3.8, 4) is 11.5 Å². The van der Waals surface area contributed by atoms with Crippen molar-refractivity contribution in [2.75, 3.05) is 18.2 Å². The van der Waals surface area contributed by atoms with Crippen LogP contribution in [-0.4, -0.2) is 30.3 Å². The molecule has 0 aliphatic rings. The van der Waals surface area contributed by atoms with Crippen molar-refractivity contribution in [1.82, 2.24) is 4.98 Å². The Labute approximate surface area is 201 Å². The zero-order valence-corrected chi connectivity index (χ0v) is 19.8. The van der Waals surface area contributed by atoms with Gasteiger partial charge >= 0.3 is 0 Å². The molecule has 0 radical (unpaired) electrons. The Morgan fingerprint density at radius 3 is 2.48 bits per heavy atom. The third-order valence-electron chi connectivity index (χ3n) is 4.64. The number of thiazole rings is 1. The number of ether oxygens (including phenoxy) is 2. The van der Waals surface area contributed by atoms with Crippen LogP contribution in [0.1, 0.15) is 18.1 Å². The SMILES string of the molecule is CCOc1ccc(/C=N/N(C(=O)COc2ccc(Cl)cc2)c2nc3ccc(C)cc3s2)cc1. The van der Waals surface area contributed by atoms with Crippen LogP contribution in [-0.2, 0) is 4.79 Å². The fourth-order valence-electron chi connectivity index (χ4n) is 3.01. The van der Waals surface area contributed by atoms with Crippen molar-refractivity contribution in [1.29, 1.82) is 0 Å². The first-order chi connectivity index (χ1) is 16.0. The molecule has 4 aromatic rings. The minimum absolute atomic E-state index is 0.197. The summed E-state index contributed by atoms with van der Waals surface area (Å²) in [4.78, 5) is 17.7. The molecule has 168 valence electrons. The van der Waals surface area contributed by atoms with Crippen LogP contribution in [0.15, 0.2) is 71.8 Å². The molecule has 0 spiro atoms. The van der Waals surface area contributed by atoms with E-state index in [4.69, 9.17) is 21.1 Å². The highest BCUT2D eigenvalue weighted by molar-refractivity contribution is 7.22. The molecule has 0 fully saturated rings. The van der Waals surface area contributed by atoms with Gasteiger partial charge in [-0.25, -0.2) is 4.98 Å². The molecule has 0 aliphatic heterocycles. The molecule has 6 nitrogen and oxygen atoms in total. The molecule has 1 amide bonds. The van der Waals surface area contributed by atoms with E-state index in [0.29, 0.717) is 22.5 Å². The number of rotatable bonds is 8. The smallest absolute Gasteiger partial charge is 0.287 e. The largest absolute Gasteiger partial charge is 0.494 e. The number of aromatic nitrogens is 1. The van der Waals surface area contributed by atoms with Gasteiger partial charge < -0.3 is 9.47 Å². The molecule has 0 bridgehead atoms. The number of anilines is 1. The van der Waals surface area contributed by atoms with Gasteiger partial charge in [-0.2, -0.15) is 10.1 Å². The van der Waals surface area contributed by atoms with Crippen molar-refractivity contribution in [3.63, 3.8) is 0 Å². The number of fused-ring (bicyclic) bond motifs is 1. The third-order valence-corrected chi connectivity index (χ3v) is 5.89. The van der Waals surface area contributed by atoms with Crippen LogP contribution in [0.3, 0.4) is 0 Å². The van der Waals surface area contributed by atoms with Gasteiger partial charge in [-0.3, -0.25) is 4.79 Å². The van der Waals surface area contributed by atoms with Gasteiger partial charge in [0.05, 0.1) is 23.0 Å². The average Bonchev–Trinajstić information content (AvgIpc) is 3.23. The van der Waals surface area contributed by atoms with E-state index >= 15 is 0 Å². The van der Waals surface area contributed by atoms with Crippen LogP contribution in [0, 0.1) is 6.92 Å². The molecule has 0 unspecified atom stereocenters. The van der Waals surface area contributed by atoms with Crippen molar-refractivity contribution in [2.24, 2.45) is 5.10 Å². The second-order valence-electron chi connectivity index (χ2n) is 7.16. The molecule has 33 heavy (non-hydrogen) atoms. The lowest BCUT2D eigenvalue weighted by atomic mass is 10.2. The van der Waals surface area contributed by atoms with E-state index in [1.807, 2.05) is 56.3 Å². The number of nitrogens with zero attached hydrogens (tertiary/aromatic N) is 3. The van der Waals surface area contributed by atoms with Crippen LogP contribution < -0.4 is 14.5 Å². The highest BCUT2D eigenvalue weighted by Crippen LogP contribution is 2.30. The molecule has 0 N–H and O–H groups in total. The van der Waals surface area contributed by atoms with E-state index in [1.54, 1.807) is 30.5 Å². The van der Waals surface area contributed by atoms with Gasteiger partial charge in [0.15, 0.2) is 6.61 Å². The Kier molecular flexibility index (Phi) is 7.22. The minimum Gasteiger partial charge on any atom is -0.494 e. The van der Waals surface area contributed by atoms with Gasteiger partial charge in [0.2, 0.25) is 5.13 Å². The van der Waals surface area contributed by atoms with Gasteiger partial charge in [0.1, 0.15) is 11.5 Å². The Balaban J connectivity index is 1.58. The Morgan fingerprint density at radius 1 is 1.06 bits per heavy atom. The number of hydrazone groups is 1. The van der Waals surface area contributed by atoms with Crippen molar-refractivity contribution < 1.29 is 14.3 Å². The number of hydrogen-bond acceptors (Lipinski definition) is 6. The van der Waals surface area contributed by atoms with Crippen LogP contribution in [0.4, 0.5) is 5.13 Å². The fraction of sp³-hybridized carbons (Fsp3) is 0.160. The molecule has 3 aromatic carbocycles. The minimum atomic E-state index is -0.345. The van der Waals surface area contributed by atoms with E-state index in [1.165, 1.54) is 16.3 Å². The van der Waals surface area contributed by atoms with Crippen molar-refractivity contribution >= 4 is 50.4 Å². The van der Waals surface area contributed by atoms with Crippen molar-refractivity contribution in [2.45, 2.75) is 13.8 Å². The predicted octanol–water partition coefficient (Wildman–Crippen LogP) is 6.10. The zero-order valence-electron chi connectivity index (χ0n) is 18.2. The standard InChI is InChI=1S/C25H22ClN3O3S/c1-3-31-20-9-5-18(6-10-20)15-27-29(24(30)16-32-21-11-7-19(26)8-12-21)25-28-22-13-4-17(2)14-23(22)33-25/h4-15H,3,16H2,1-2H3/b27-15+. The summed E-state index contributed by atoms with van der Waals surface area (Å²) in [5.74, 6) is 0.978. The molecule has 0 atom stereocenters. The van der Waals surface area contributed by atoms with Gasteiger partial charge in [0, 0.05) is 5.02 Å². The molecule has 1 heterocycles. The third kappa shape index (κ3) is 5.88. The van der Waals surface area contributed by atoms with E-state index in [0.717, 1.165) is 27.1 Å². The maximum atomic E-state index is 13.1. The topological polar surface area (TPSA) is 64.0 Å². The highest BCUT2D eigenvalue weighted by atomic mass is 35.5. The van der Waals surface area contributed by atoms with E-state index in [-0.39, 0.29) is 12.5 Å². The molecule has 4 rings (SSSR count). The summed E-state index contributed by atoms with van der Waals surface area (Å²) < 4.78 is 12.1. The molecular formula is C25H22ClN3O3S. The first-order valence-corrected chi connectivity index (χ1v) is 11.6. The first-order valence-electron chi connectivity index (χ1n) is 10.4. The second kappa shape index (κ2) is 10.5. The van der Waals surface area contributed by atoms with Gasteiger partial charge in [-0.15, -0.1) is 0 Å². The fourth-order valence-corrected chi connectivity index (χ4v) is 4.17. The predicted molar refractivity (Wildman–Crippen MR) is 134 cm³/mol. The number of aryl methyl sites for hydroxylation is 1. The maximum Gasteiger partial charge on any atom is 0.287 e. The average molecular weight is 480 g/mol. The van der Waals surface area contributed by atoms with Gasteiger partial charge in [0.25, 0.3) is 5.91 Å². The summed E-state index contributed by atoms with van der Waals surface area (Å²) in [6.45, 7) is 4.36. The number of halogens is 1. The zero-order chi connectivity index (χ0) is 23.2. The summed E-state index contributed by atoms with van der Waals surface area (Å²) in [6.07, 6.45) is 1.62. The van der Waals surface area contributed by atoms with Crippen LogP contribution in [0.2, 0.25) is 5.02 Å². The Hall–Kier alpha value is -3.42. The highest BCUT2D eigenvalue weighted by Gasteiger charge is 2.20. The molecule has 1 aromatic heterocycles. The molecule has 0 saturated heterocycles. The second-order valence-corrected chi connectivity index (χ2v) is 8.61. The number of benzene rings is 3. The van der Waals surface area contributed by atoms with Crippen LogP contribution in [0.25, 0.3) is 10.2 Å². The van der Waals surface area contributed by atoms with Crippen molar-refractivity contribution in [3.05, 3.63) is 82.9 Å². The number of carbonyl (C=O) groups excluding carboxylic acids is 1. The monoisotopic (exact) mass is 479 g/mol. The van der Waals surface area contributed by atoms with E-state index < -0.39 is 0 Å². The van der Waals surface area contributed by atoms with E-state index in [2.05, 4.69) is 10.1 Å².